The van der Waals surface area contributed by atoms with E-state index in [0.717, 1.165) is 29.8 Å². The Hall–Kier alpha value is -1.42. The Kier molecular flexibility index (Phi) is 4.76. The van der Waals surface area contributed by atoms with Crippen molar-refractivity contribution in [1.29, 1.82) is 0 Å². The molecule has 0 aliphatic heterocycles. The number of hydrogen-bond acceptors (Lipinski definition) is 1. The van der Waals surface area contributed by atoms with Gasteiger partial charge in [0.1, 0.15) is 11.6 Å². The molecule has 2 nitrogen and oxygen atoms in total. The third kappa shape index (κ3) is 2.70. The van der Waals surface area contributed by atoms with E-state index >= 15 is 0 Å². The van der Waals surface area contributed by atoms with Crippen LogP contribution in [0.15, 0.2) is 18.2 Å². The molecule has 0 fully saturated rings. The Morgan fingerprint density at radius 3 is 2.25 bits per heavy atom. The molecule has 0 unspecified atom stereocenters. The van der Waals surface area contributed by atoms with Crippen LogP contribution in [0.2, 0.25) is 0 Å². The van der Waals surface area contributed by atoms with E-state index in [1.165, 1.54) is 18.2 Å². The molecule has 0 N–H and O–H groups in total. The lowest BCUT2D eigenvalue weighted by Gasteiger charge is -2.09. The van der Waals surface area contributed by atoms with Gasteiger partial charge in [-0.3, -0.25) is 4.68 Å². The molecule has 1 aromatic carbocycles. The summed E-state index contributed by atoms with van der Waals surface area (Å²) in [5.41, 5.74) is 2.86. The summed E-state index contributed by atoms with van der Waals surface area (Å²) in [5.74, 6) is -0.729. The van der Waals surface area contributed by atoms with Crippen molar-refractivity contribution >= 4 is 11.6 Å². The molecule has 1 heterocycles. The summed E-state index contributed by atoms with van der Waals surface area (Å²) in [6, 6.07) is 3.88. The van der Waals surface area contributed by atoms with Crippen LogP contribution in [-0.2, 0) is 25.3 Å². The lowest BCUT2D eigenvalue weighted by molar-refractivity contribution is 0.525. The van der Waals surface area contributed by atoms with Gasteiger partial charge in [0, 0.05) is 16.8 Å². The topological polar surface area (TPSA) is 17.8 Å². The van der Waals surface area contributed by atoms with Crippen LogP contribution >= 0.6 is 11.6 Å². The highest BCUT2D eigenvalue weighted by atomic mass is 35.5. The van der Waals surface area contributed by atoms with E-state index in [-0.39, 0.29) is 12.1 Å². The third-order valence-corrected chi connectivity index (χ3v) is 3.69. The van der Waals surface area contributed by atoms with Gasteiger partial charge in [-0.2, -0.15) is 5.10 Å². The van der Waals surface area contributed by atoms with Crippen molar-refractivity contribution in [3.63, 3.8) is 0 Å². The second-order valence-corrected chi connectivity index (χ2v) is 4.84. The van der Waals surface area contributed by atoms with E-state index in [9.17, 15) is 8.78 Å². The fourth-order valence-electron chi connectivity index (χ4n) is 2.39. The molecular weight excluding hydrogens is 282 g/mol. The first-order chi connectivity index (χ1) is 9.62. The molecule has 2 aromatic rings. The fraction of sp³-hybridized carbons (Fsp3) is 0.400. The Morgan fingerprint density at radius 2 is 1.75 bits per heavy atom. The van der Waals surface area contributed by atoms with Crippen molar-refractivity contribution in [1.82, 2.24) is 9.78 Å². The SMILES string of the molecule is CCc1nn(Cc2c(F)cccc2F)c(CC)c1CCl. The minimum absolute atomic E-state index is 0.0356. The van der Waals surface area contributed by atoms with Gasteiger partial charge in [-0.1, -0.05) is 19.9 Å². The summed E-state index contributed by atoms with van der Waals surface area (Å²) in [4.78, 5) is 0. The second-order valence-electron chi connectivity index (χ2n) is 4.57. The molecule has 0 amide bonds. The van der Waals surface area contributed by atoms with Gasteiger partial charge in [-0.25, -0.2) is 8.78 Å². The van der Waals surface area contributed by atoms with Gasteiger partial charge < -0.3 is 0 Å². The molecule has 108 valence electrons. The van der Waals surface area contributed by atoms with Crippen molar-refractivity contribution in [2.75, 3.05) is 0 Å². The van der Waals surface area contributed by atoms with Crippen LogP contribution in [0, 0.1) is 11.6 Å². The van der Waals surface area contributed by atoms with E-state index in [1.807, 2.05) is 13.8 Å². The molecule has 0 atom stereocenters. The lowest BCUT2D eigenvalue weighted by atomic mass is 10.1. The zero-order valence-electron chi connectivity index (χ0n) is 11.6. The zero-order chi connectivity index (χ0) is 14.7. The van der Waals surface area contributed by atoms with Crippen molar-refractivity contribution in [3.8, 4) is 0 Å². The minimum atomic E-state index is -0.548. The highest BCUT2D eigenvalue weighted by Crippen LogP contribution is 2.21. The van der Waals surface area contributed by atoms with Gasteiger partial charge in [-0.05, 0) is 25.0 Å². The fourth-order valence-corrected chi connectivity index (χ4v) is 2.70. The predicted octanol–water partition coefficient (Wildman–Crippen LogP) is 4.07. The van der Waals surface area contributed by atoms with Crippen LogP contribution in [0.4, 0.5) is 8.78 Å². The number of benzene rings is 1. The van der Waals surface area contributed by atoms with E-state index in [4.69, 9.17) is 11.6 Å². The van der Waals surface area contributed by atoms with Crippen LogP contribution in [0.1, 0.15) is 36.4 Å². The smallest absolute Gasteiger partial charge is 0.131 e. The quantitative estimate of drug-likeness (QED) is 0.761. The van der Waals surface area contributed by atoms with Gasteiger partial charge in [0.05, 0.1) is 18.1 Å². The largest absolute Gasteiger partial charge is 0.264 e. The summed E-state index contributed by atoms with van der Waals surface area (Å²) in [5, 5.41) is 4.45. The Labute approximate surface area is 122 Å². The maximum absolute atomic E-state index is 13.7. The number of nitrogens with zero attached hydrogens (tertiary/aromatic N) is 2. The third-order valence-electron chi connectivity index (χ3n) is 3.42. The predicted molar refractivity (Wildman–Crippen MR) is 76.0 cm³/mol. The highest BCUT2D eigenvalue weighted by molar-refractivity contribution is 6.17. The van der Waals surface area contributed by atoms with Crippen molar-refractivity contribution in [2.45, 2.75) is 39.1 Å². The summed E-state index contributed by atoms with van der Waals surface area (Å²) in [6.45, 7) is 4.07. The van der Waals surface area contributed by atoms with Crippen LogP contribution < -0.4 is 0 Å². The van der Waals surface area contributed by atoms with E-state index in [1.54, 1.807) is 4.68 Å². The summed E-state index contributed by atoms with van der Waals surface area (Å²) in [6.07, 6.45) is 1.48. The van der Waals surface area contributed by atoms with E-state index in [2.05, 4.69) is 5.10 Å². The molecule has 20 heavy (non-hydrogen) atoms. The molecule has 0 aliphatic rings. The first-order valence-corrected chi connectivity index (χ1v) is 7.22. The molecule has 0 saturated carbocycles. The van der Waals surface area contributed by atoms with Gasteiger partial charge in [0.15, 0.2) is 0 Å². The first-order valence-electron chi connectivity index (χ1n) is 6.68. The summed E-state index contributed by atoms with van der Waals surface area (Å²) >= 11 is 5.97. The number of alkyl halides is 1. The zero-order valence-corrected chi connectivity index (χ0v) is 12.3. The molecule has 0 saturated heterocycles. The van der Waals surface area contributed by atoms with E-state index < -0.39 is 11.6 Å². The molecule has 5 heteroatoms. The molecular formula is C15H17ClF2N2. The van der Waals surface area contributed by atoms with Gasteiger partial charge in [-0.15, -0.1) is 11.6 Å². The standard InChI is InChI=1S/C15H17ClF2N2/c1-3-14-10(8-16)15(4-2)20(19-14)9-11-12(17)6-5-7-13(11)18/h5-7H,3-4,8-9H2,1-2H3. The number of rotatable bonds is 5. The van der Waals surface area contributed by atoms with Gasteiger partial charge in [0.25, 0.3) is 0 Å². The lowest BCUT2D eigenvalue weighted by Crippen LogP contribution is -2.09. The van der Waals surface area contributed by atoms with Gasteiger partial charge >= 0.3 is 0 Å². The van der Waals surface area contributed by atoms with Crippen molar-refractivity contribution in [2.24, 2.45) is 0 Å². The second kappa shape index (κ2) is 6.35. The molecule has 0 radical (unpaired) electrons. The average Bonchev–Trinajstić information content (AvgIpc) is 2.79. The summed E-state index contributed by atoms with van der Waals surface area (Å²) < 4.78 is 29.1. The van der Waals surface area contributed by atoms with Gasteiger partial charge in [0.2, 0.25) is 0 Å². The maximum atomic E-state index is 13.7. The molecule has 0 bridgehead atoms. The van der Waals surface area contributed by atoms with E-state index in [0.29, 0.717) is 5.88 Å². The number of aromatic nitrogens is 2. The average molecular weight is 299 g/mol. The van der Waals surface area contributed by atoms with Crippen LogP contribution in [0.5, 0.6) is 0 Å². The van der Waals surface area contributed by atoms with Crippen molar-refractivity contribution < 1.29 is 8.78 Å². The molecule has 1 aromatic heterocycles. The highest BCUT2D eigenvalue weighted by Gasteiger charge is 2.17. The molecule has 0 spiro atoms. The molecule has 0 aliphatic carbocycles. The van der Waals surface area contributed by atoms with Crippen LogP contribution in [-0.4, -0.2) is 9.78 Å². The van der Waals surface area contributed by atoms with Crippen LogP contribution in [0.25, 0.3) is 0 Å². The molecule has 2 rings (SSSR count). The summed E-state index contributed by atoms with van der Waals surface area (Å²) in [7, 11) is 0. The minimum Gasteiger partial charge on any atom is -0.264 e. The van der Waals surface area contributed by atoms with Crippen LogP contribution in [0.3, 0.4) is 0 Å². The number of hydrogen-bond donors (Lipinski definition) is 0. The van der Waals surface area contributed by atoms with Crippen molar-refractivity contribution in [3.05, 3.63) is 52.3 Å². The Morgan fingerprint density at radius 1 is 1.10 bits per heavy atom. The number of halogens is 3. The Balaban J connectivity index is 2.46. The first kappa shape index (κ1) is 15.0. The normalized spacial score (nSPS) is 11.1. The number of aryl methyl sites for hydroxylation is 1. The maximum Gasteiger partial charge on any atom is 0.131 e. The Bertz CT molecular complexity index is 588. The monoisotopic (exact) mass is 298 g/mol.